The minimum absolute atomic E-state index is 0.115. The summed E-state index contributed by atoms with van der Waals surface area (Å²) in [6.07, 6.45) is 2.20. The zero-order valence-corrected chi connectivity index (χ0v) is 12.1. The predicted octanol–water partition coefficient (Wildman–Crippen LogP) is 2.32. The van der Waals surface area contributed by atoms with Gasteiger partial charge in [-0.2, -0.15) is 0 Å². The number of urea groups is 1. The van der Waals surface area contributed by atoms with Crippen LogP contribution in [0.5, 0.6) is 0 Å². The van der Waals surface area contributed by atoms with Crippen LogP contribution < -0.4 is 10.6 Å². The molecule has 2 amide bonds. The minimum Gasteiger partial charge on any atom is -0.481 e. The van der Waals surface area contributed by atoms with Gasteiger partial charge in [-0.25, -0.2) is 9.78 Å². The van der Waals surface area contributed by atoms with Crippen molar-refractivity contribution in [2.75, 3.05) is 11.9 Å². The number of hydrogen-bond acceptors (Lipinski definition) is 4. The van der Waals surface area contributed by atoms with E-state index in [0.717, 1.165) is 4.88 Å². The Morgan fingerprint density at radius 2 is 2.16 bits per heavy atom. The summed E-state index contributed by atoms with van der Waals surface area (Å²) >= 11 is 1.37. The van der Waals surface area contributed by atoms with Crippen molar-refractivity contribution < 1.29 is 14.7 Å². The molecule has 1 aromatic heterocycles. The molecule has 1 unspecified atom stereocenters. The van der Waals surface area contributed by atoms with E-state index in [1.54, 1.807) is 6.20 Å². The Balaban J connectivity index is 2.41. The molecule has 0 bridgehead atoms. The molecule has 1 heterocycles. The third kappa shape index (κ3) is 5.69. The van der Waals surface area contributed by atoms with Crippen LogP contribution in [0.3, 0.4) is 0 Å². The SMILES string of the molecule is Cc1cnc(NC(=O)NCC(CC(C)C)C(=O)O)s1. The molecule has 7 heteroatoms. The molecule has 0 aliphatic heterocycles. The summed E-state index contributed by atoms with van der Waals surface area (Å²) in [5, 5.41) is 14.7. The number of nitrogens with zero attached hydrogens (tertiary/aromatic N) is 1. The van der Waals surface area contributed by atoms with Crippen LogP contribution in [0.2, 0.25) is 0 Å². The first-order chi connectivity index (χ1) is 8.88. The molecule has 0 saturated carbocycles. The largest absolute Gasteiger partial charge is 0.481 e. The lowest BCUT2D eigenvalue weighted by Crippen LogP contribution is -2.36. The van der Waals surface area contributed by atoms with Gasteiger partial charge in [0.15, 0.2) is 5.13 Å². The number of aliphatic carboxylic acids is 1. The van der Waals surface area contributed by atoms with Crippen LogP contribution in [0.4, 0.5) is 9.93 Å². The number of aromatic nitrogens is 1. The lowest BCUT2D eigenvalue weighted by atomic mass is 9.97. The highest BCUT2D eigenvalue weighted by molar-refractivity contribution is 7.15. The molecule has 0 saturated heterocycles. The van der Waals surface area contributed by atoms with Crippen molar-refractivity contribution in [1.82, 2.24) is 10.3 Å². The minimum atomic E-state index is -0.890. The first-order valence-corrected chi connectivity index (χ1v) is 6.90. The second-order valence-electron chi connectivity index (χ2n) is 4.78. The second-order valence-corrected chi connectivity index (χ2v) is 6.01. The van der Waals surface area contributed by atoms with Crippen molar-refractivity contribution in [3.63, 3.8) is 0 Å². The number of carboxylic acids is 1. The summed E-state index contributed by atoms with van der Waals surface area (Å²) in [4.78, 5) is 27.6. The van der Waals surface area contributed by atoms with Crippen LogP contribution in [-0.2, 0) is 4.79 Å². The number of hydrogen-bond donors (Lipinski definition) is 3. The molecule has 1 atom stereocenters. The molecule has 0 fully saturated rings. The van der Waals surface area contributed by atoms with E-state index in [1.807, 2.05) is 20.8 Å². The Kier molecular flexibility index (Phi) is 5.75. The number of nitrogens with one attached hydrogen (secondary N) is 2. The number of rotatable bonds is 6. The highest BCUT2D eigenvalue weighted by Crippen LogP contribution is 2.16. The molecule has 0 radical (unpaired) electrons. The number of aryl methyl sites for hydroxylation is 1. The molecule has 0 aliphatic rings. The Labute approximate surface area is 116 Å². The van der Waals surface area contributed by atoms with Gasteiger partial charge in [0, 0.05) is 17.6 Å². The van der Waals surface area contributed by atoms with E-state index >= 15 is 0 Å². The van der Waals surface area contributed by atoms with Gasteiger partial charge in [-0.05, 0) is 19.3 Å². The highest BCUT2D eigenvalue weighted by atomic mass is 32.1. The molecule has 3 N–H and O–H groups in total. The van der Waals surface area contributed by atoms with Crippen LogP contribution in [-0.4, -0.2) is 28.6 Å². The highest BCUT2D eigenvalue weighted by Gasteiger charge is 2.19. The number of carbonyl (C=O) groups excluding carboxylic acids is 1. The smallest absolute Gasteiger partial charge is 0.321 e. The Bertz CT molecular complexity index is 445. The summed E-state index contributed by atoms with van der Waals surface area (Å²) in [6.45, 7) is 5.91. The lowest BCUT2D eigenvalue weighted by Gasteiger charge is -2.15. The van der Waals surface area contributed by atoms with E-state index in [2.05, 4.69) is 15.6 Å². The van der Waals surface area contributed by atoms with Gasteiger partial charge < -0.3 is 10.4 Å². The summed E-state index contributed by atoms with van der Waals surface area (Å²) in [5.41, 5.74) is 0. The van der Waals surface area contributed by atoms with E-state index in [0.29, 0.717) is 11.6 Å². The molecule has 1 rings (SSSR count). The van der Waals surface area contributed by atoms with Gasteiger partial charge in [-0.15, -0.1) is 11.3 Å². The van der Waals surface area contributed by atoms with Crippen LogP contribution in [0.15, 0.2) is 6.20 Å². The third-order valence-corrected chi connectivity index (χ3v) is 3.28. The molecule has 0 aromatic carbocycles. The summed E-state index contributed by atoms with van der Waals surface area (Å²) in [5.74, 6) is -1.18. The van der Waals surface area contributed by atoms with Crippen molar-refractivity contribution in [2.24, 2.45) is 11.8 Å². The van der Waals surface area contributed by atoms with Gasteiger partial charge in [0.05, 0.1) is 5.92 Å². The third-order valence-electron chi connectivity index (χ3n) is 2.46. The second kappa shape index (κ2) is 7.08. The first kappa shape index (κ1) is 15.4. The van der Waals surface area contributed by atoms with E-state index in [-0.39, 0.29) is 12.5 Å². The van der Waals surface area contributed by atoms with Crippen molar-refractivity contribution in [3.05, 3.63) is 11.1 Å². The standard InChI is InChI=1S/C12H19N3O3S/c1-7(2)4-9(10(16)17)6-13-11(18)15-12-14-5-8(3)19-12/h5,7,9H,4,6H2,1-3H3,(H,16,17)(H2,13,14,15,18). The quantitative estimate of drug-likeness (QED) is 0.748. The molecule has 1 aromatic rings. The average molecular weight is 285 g/mol. The monoisotopic (exact) mass is 285 g/mol. The maximum absolute atomic E-state index is 11.6. The number of carbonyl (C=O) groups is 2. The average Bonchev–Trinajstić information content (AvgIpc) is 2.69. The summed E-state index contributed by atoms with van der Waals surface area (Å²) in [6, 6.07) is -0.427. The van der Waals surface area contributed by atoms with E-state index < -0.39 is 17.9 Å². The van der Waals surface area contributed by atoms with Gasteiger partial charge in [-0.3, -0.25) is 10.1 Å². The van der Waals surface area contributed by atoms with Crippen molar-refractivity contribution in [1.29, 1.82) is 0 Å². The normalized spacial score (nSPS) is 12.2. The van der Waals surface area contributed by atoms with Crippen molar-refractivity contribution >= 4 is 28.5 Å². The number of anilines is 1. The van der Waals surface area contributed by atoms with Gasteiger partial charge >= 0.3 is 12.0 Å². The van der Waals surface area contributed by atoms with E-state index in [4.69, 9.17) is 5.11 Å². The van der Waals surface area contributed by atoms with E-state index in [1.165, 1.54) is 11.3 Å². The molecule has 6 nitrogen and oxygen atoms in total. The molecule has 0 spiro atoms. The Hall–Kier alpha value is -1.63. The number of thiazole rings is 1. The Morgan fingerprint density at radius 3 is 2.63 bits per heavy atom. The molecular formula is C12H19N3O3S. The Morgan fingerprint density at radius 1 is 1.47 bits per heavy atom. The predicted molar refractivity (Wildman–Crippen MR) is 74.5 cm³/mol. The van der Waals surface area contributed by atoms with Crippen molar-refractivity contribution in [2.45, 2.75) is 27.2 Å². The topological polar surface area (TPSA) is 91.3 Å². The van der Waals surface area contributed by atoms with Crippen LogP contribution in [0.25, 0.3) is 0 Å². The lowest BCUT2D eigenvalue weighted by molar-refractivity contribution is -0.142. The zero-order chi connectivity index (χ0) is 14.4. The zero-order valence-electron chi connectivity index (χ0n) is 11.3. The molecule has 0 aliphatic carbocycles. The molecule has 106 valence electrons. The number of amides is 2. The summed E-state index contributed by atoms with van der Waals surface area (Å²) in [7, 11) is 0. The van der Waals surface area contributed by atoms with E-state index in [9.17, 15) is 9.59 Å². The summed E-state index contributed by atoms with van der Waals surface area (Å²) < 4.78 is 0. The van der Waals surface area contributed by atoms with Gasteiger partial charge in [0.1, 0.15) is 0 Å². The fourth-order valence-corrected chi connectivity index (χ4v) is 2.27. The van der Waals surface area contributed by atoms with Crippen LogP contribution in [0, 0.1) is 18.8 Å². The molecule has 19 heavy (non-hydrogen) atoms. The van der Waals surface area contributed by atoms with Crippen molar-refractivity contribution in [3.8, 4) is 0 Å². The van der Waals surface area contributed by atoms with Gasteiger partial charge in [0.25, 0.3) is 0 Å². The van der Waals surface area contributed by atoms with Crippen LogP contribution >= 0.6 is 11.3 Å². The first-order valence-electron chi connectivity index (χ1n) is 6.08. The maximum Gasteiger partial charge on any atom is 0.321 e. The number of carboxylic acid groups (broad SMARTS) is 1. The van der Waals surface area contributed by atoms with Gasteiger partial charge in [0.2, 0.25) is 0 Å². The maximum atomic E-state index is 11.6. The van der Waals surface area contributed by atoms with Gasteiger partial charge in [-0.1, -0.05) is 13.8 Å². The fraction of sp³-hybridized carbons (Fsp3) is 0.583. The fourth-order valence-electron chi connectivity index (χ4n) is 1.61. The van der Waals surface area contributed by atoms with Crippen LogP contribution in [0.1, 0.15) is 25.1 Å². The molecular weight excluding hydrogens is 266 g/mol.